The molecule has 4 atom stereocenters. The summed E-state index contributed by atoms with van der Waals surface area (Å²) in [7, 11) is 2.94. The first-order valence-corrected chi connectivity index (χ1v) is 36.6. The van der Waals surface area contributed by atoms with Crippen molar-refractivity contribution in [3.8, 4) is 0 Å². The van der Waals surface area contributed by atoms with Crippen molar-refractivity contribution in [2.75, 3.05) is 128 Å². The highest BCUT2D eigenvalue weighted by molar-refractivity contribution is 7.46. The highest BCUT2D eigenvalue weighted by Gasteiger charge is 2.20. The number of hydrogen-bond acceptors (Lipinski definition) is 15. The van der Waals surface area contributed by atoms with Gasteiger partial charge in [-0.3, -0.25) is 18.7 Å². The van der Waals surface area contributed by atoms with Gasteiger partial charge >= 0.3 is 11.9 Å². The van der Waals surface area contributed by atoms with Gasteiger partial charge in [0.05, 0.1) is 75.3 Å². The molecule has 20 heteroatoms. The van der Waals surface area contributed by atoms with Crippen molar-refractivity contribution in [1.29, 1.82) is 0 Å². The van der Waals surface area contributed by atoms with Crippen LogP contribution in [0, 0.1) is 0 Å². The molecule has 84 heavy (non-hydrogen) atoms. The van der Waals surface area contributed by atoms with Crippen LogP contribution in [0.2, 0.25) is 0 Å². The maximum atomic E-state index is 12.2. The monoisotopic (exact) mass is 1250 g/mol. The van der Waals surface area contributed by atoms with Gasteiger partial charge in [0.25, 0.3) is 15.6 Å². The summed E-state index contributed by atoms with van der Waals surface area (Å²) in [6.45, 7) is 10.4. The number of likely N-dealkylation sites (N-methyl/N-ethyl adjacent to an activating group) is 2. The number of carboxylic acids is 1. The highest BCUT2D eigenvalue weighted by Crippen LogP contribution is 2.39. The molecule has 0 saturated heterocycles. The average Bonchev–Trinajstić information content (AvgIpc) is 3.46. The summed E-state index contributed by atoms with van der Waals surface area (Å²) in [6, 6.07) is 0. The number of hydrogen-bond donors (Lipinski definition) is 1. The van der Waals surface area contributed by atoms with E-state index in [-0.39, 0.29) is 52.0 Å². The lowest BCUT2D eigenvalue weighted by Crippen LogP contribution is -2.37. The number of ether oxygens (including phenoxy) is 5. The molecular weight excluding hydrogens is 1110 g/mol. The second-order valence-corrected chi connectivity index (χ2v) is 27.9. The number of esters is 1. The second-order valence-electron chi connectivity index (χ2n) is 25.0. The van der Waals surface area contributed by atoms with Crippen LogP contribution in [0.1, 0.15) is 265 Å². The van der Waals surface area contributed by atoms with Gasteiger partial charge in [0, 0.05) is 39.3 Å². The van der Waals surface area contributed by atoms with E-state index in [4.69, 9.17) is 46.9 Å². The van der Waals surface area contributed by atoms with Gasteiger partial charge in [0.15, 0.2) is 0 Å². The normalized spacial score (nSPS) is 14.2. The molecule has 4 unspecified atom stereocenters. The summed E-state index contributed by atoms with van der Waals surface area (Å²) >= 11 is 0. The van der Waals surface area contributed by atoms with Crippen molar-refractivity contribution >= 4 is 27.6 Å². The summed E-state index contributed by atoms with van der Waals surface area (Å²) in [5.41, 5.74) is 0. The first-order chi connectivity index (χ1) is 40.1. The van der Waals surface area contributed by atoms with Crippen LogP contribution in [0.15, 0.2) is 0 Å². The first kappa shape index (κ1) is 85.0. The van der Waals surface area contributed by atoms with E-state index < -0.39 is 33.8 Å². The van der Waals surface area contributed by atoms with Gasteiger partial charge in [0.1, 0.15) is 38.5 Å². The van der Waals surface area contributed by atoms with Crippen LogP contribution in [-0.4, -0.2) is 166 Å². The maximum absolute atomic E-state index is 12.2. The van der Waals surface area contributed by atoms with E-state index >= 15 is 0 Å². The number of phosphoric ester groups is 2. The Kier molecular flexibility index (Phi) is 60.2. The zero-order chi connectivity index (χ0) is 62.7. The summed E-state index contributed by atoms with van der Waals surface area (Å²) in [4.78, 5) is 46.5. The SMILES string of the molecule is CCCCCCCCCCCCCCCCOCC(COP(=O)([O-])OCC[N+](C)(C)C)OCCCCCCC(=O)O.CCCCCCCCCCCCCCCCOCC(COP(=O)([O-])OCC[N+](C)(C)C)OCCCCCCC(=O)OCC. The Morgan fingerprint density at radius 3 is 0.964 bits per heavy atom. The number of carboxylic acid groups (broad SMARTS) is 1. The van der Waals surface area contributed by atoms with Crippen molar-refractivity contribution < 1.29 is 84.4 Å². The van der Waals surface area contributed by atoms with E-state index in [1.165, 1.54) is 154 Å². The molecule has 0 aliphatic carbocycles. The van der Waals surface area contributed by atoms with Gasteiger partial charge in [-0.15, -0.1) is 0 Å². The van der Waals surface area contributed by atoms with Gasteiger partial charge in [-0.25, -0.2) is 0 Å². The van der Waals surface area contributed by atoms with Gasteiger partial charge in [-0.05, 0) is 45.4 Å². The van der Waals surface area contributed by atoms with Crippen molar-refractivity contribution in [1.82, 2.24) is 0 Å². The van der Waals surface area contributed by atoms with Gasteiger partial charge in [-0.1, -0.05) is 206 Å². The largest absolute Gasteiger partial charge is 0.756 e. The van der Waals surface area contributed by atoms with Gasteiger partial charge < -0.3 is 65.6 Å². The Balaban J connectivity index is 0. The fraction of sp³-hybridized carbons (Fsp3) is 0.969. The molecular formula is C64H132N2O16P2. The summed E-state index contributed by atoms with van der Waals surface area (Å²) in [5, 5.41) is 8.73. The number of unbranched alkanes of at least 4 members (excludes halogenated alkanes) is 32. The fourth-order valence-electron chi connectivity index (χ4n) is 8.98. The van der Waals surface area contributed by atoms with E-state index in [0.717, 1.165) is 70.6 Å². The summed E-state index contributed by atoms with van der Waals surface area (Å²) < 4.78 is 74.3. The van der Waals surface area contributed by atoms with Gasteiger partial charge in [-0.2, -0.15) is 0 Å². The molecule has 0 saturated carbocycles. The van der Waals surface area contributed by atoms with E-state index in [1.807, 2.05) is 49.2 Å². The van der Waals surface area contributed by atoms with Crippen LogP contribution < -0.4 is 9.79 Å². The quantitative estimate of drug-likeness (QED) is 0.0259. The molecule has 1 N–H and O–H groups in total. The third-order valence-electron chi connectivity index (χ3n) is 14.3. The van der Waals surface area contributed by atoms with Crippen molar-refractivity contribution in [3.63, 3.8) is 0 Å². The molecule has 0 aromatic rings. The van der Waals surface area contributed by atoms with Crippen LogP contribution in [0.25, 0.3) is 0 Å². The molecule has 504 valence electrons. The lowest BCUT2D eigenvalue weighted by molar-refractivity contribution is -0.870. The van der Waals surface area contributed by atoms with Crippen LogP contribution in [0.4, 0.5) is 0 Å². The minimum absolute atomic E-state index is 0.0573. The minimum atomic E-state index is -4.42. The molecule has 0 radical (unpaired) electrons. The summed E-state index contributed by atoms with van der Waals surface area (Å²) in [6.07, 6.45) is 42.7. The molecule has 0 spiro atoms. The Labute approximate surface area is 515 Å². The van der Waals surface area contributed by atoms with Crippen LogP contribution >= 0.6 is 15.6 Å². The smallest absolute Gasteiger partial charge is 0.305 e. The van der Waals surface area contributed by atoms with E-state index in [1.54, 1.807) is 0 Å². The number of aliphatic carboxylic acids is 1. The van der Waals surface area contributed by atoms with Gasteiger partial charge in [0.2, 0.25) is 0 Å². The number of quaternary nitrogens is 2. The van der Waals surface area contributed by atoms with E-state index in [0.29, 0.717) is 67.9 Å². The fourth-order valence-corrected chi connectivity index (χ4v) is 10.4. The number of rotatable bonds is 65. The van der Waals surface area contributed by atoms with Crippen LogP contribution in [0.3, 0.4) is 0 Å². The van der Waals surface area contributed by atoms with Crippen molar-refractivity contribution in [2.45, 2.75) is 277 Å². The van der Waals surface area contributed by atoms with Crippen LogP contribution in [-0.2, 0) is 60.5 Å². The third kappa shape index (κ3) is 70.0. The molecule has 0 aliphatic rings. The van der Waals surface area contributed by atoms with E-state index in [9.17, 15) is 28.5 Å². The number of phosphoric acid groups is 2. The predicted molar refractivity (Wildman–Crippen MR) is 337 cm³/mol. The lowest BCUT2D eigenvalue weighted by Gasteiger charge is -2.28. The maximum Gasteiger partial charge on any atom is 0.305 e. The van der Waals surface area contributed by atoms with Crippen LogP contribution in [0.5, 0.6) is 0 Å². The molecule has 18 nitrogen and oxygen atoms in total. The highest BCUT2D eigenvalue weighted by atomic mass is 31.2. The molecule has 0 bridgehead atoms. The molecule has 0 aliphatic heterocycles. The Hall–Kier alpha value is -1.08. The molecule has 0 heterocycles. The number of carbonyl (C=O) groups excluding carboxylic acids is 1. The lowest BCUT2D eigenvalue weighted by atomic mass is 10.0. The minimum Gasteiger partial charge on any atom is -0.756 e. The molecule has 0 aromatic heterocycles. The van der Waals surface area contributed by atoms with Crippen molar-refractivity contribution in [2.24, 2.45) is 0 Å². The zero-order valence-corrected chi connectivity index (χ0v) is 57.4. The third-order valence-corrected chi connectivity index (χ3v) is 16.3. The second kappa shape index (κ2) is 59.5. The number of carbonyl (C=O) groups is 2. The molecule has 0 fully saturated rings. The Morgan fingerprint density at radius 1 is 0.381 bits per heavy atom. The number of nitrogens with zero attached hydrogens (tertiary/aromatic N) is 2. The van der Waals surface area contributed by atoms with Crippen molar-refractivity contribution in [3.05, 3.63) is 0 Å². The van der Waals surface area contributed by atoms with E-state index in [2.05, 4.69) is 13.8 Å². The Bertz CT molecular complexity index is 1540. The predicted octanol–water partition coefficient (Wildman–Crippen LogP) is 14.7. The average molecular weight is 1250 g/mol. The topological polar surface area (TPSA) is 218 Å². The Morgan fingerprint density at radius 2 is 0.667 bits per heavy atom. The molecule has 0 aromatic carbocycles. The first-order valence-electron chi connectivity index (χ1n) is 33.7. The molecule has 0 rings (SSSR count). The molecule has 0 amide bonds. The zero-order valence-electron chi connectivity index (χ0n) is 55.6. The standard InChI is InChI=1S/C33H68NO8P.C31H64NO8P/c1-6-8-9-10-11-12-13-14-15-16-17-18-20-23-27-38-30-32(31-42-43(36,37)41-29-26-34(3,4)5)40-28-24-21-19-22-25-33(35)39-7-2;1-5-6-7-8-9-10-11-12-13-14-15-16-18-21-25-37-28-30(38-26-22-19-17-20-23-31(33)34)29-40-41(35,36)39-27-24-32(2,3)4/h32H,6-31H2,1-5H3;30H,5-29H2,1-4H3,(H-,33,34,35,36). The summed E-state index contributed by atoms with van der Waals surface area (Å²) in [5.74, 6) is -0.933.